The molecule has 5 nitrogen and oxygen atoms in total. The van der Waals surface area contributed by atoms with Crippen LogP contribution in [0.25, 0.3) is 0 Å². The Morgan fingerprint density at radius 3 is 2.05 bits per heavy atom. The molecule has 3 rings (SSSR count). The van der Waals surface area contributed by atoms with Gasteiger partial charge in [-0.15, -0.1) is 0 Å². The van der Waals surface area contributed by atoms with Gasteiger partial charge in [-0.2, -0.15) is 35.1 Å². The van der Waals surface area contributed by atoms with Crippen molar-refractivity contribution in [3.63, 3.8) is 0 Å². The summed E-state index contributed by atoms with van der Waals surface area (Å²) in [6.07, 6.45) is -14.3. The number of rotatable bonds is 9. The molecule has 0 aliphatic rings. The van der Waals surface area contributed by atoms with Crippen LogP contribution in [0.3, 0.4) is 0 Å². The molecule has 0 aliphatic carbocycles. The maximum absolute atomic E-state index is 14.6. The van der Waals surface area contributed by atoms with Crippen LogP contribution < -0.4 is 14.8 Å². The van der Waals surface area contributed by atoms with Crippen LogP contribution in [-0.4, -0.2) is 37.8 Å². The van der Waals surface area contributed by atoms with Gasteiger partial charge in [0.25, 0.3) is 5.91 Å². The third-order valence-electron chi connectivity index (χ3n) is 5.83. The number of ether oxygens (including phenoxy) is 2. The van der Waals surface area contributed by atoms with Gasteiger partial charge in [-0.05, 0) is 42.5 Å². The molecular weight excluding hydrogens is 651 g/mol. The molecule has 3 aromatic rings. The fraction of sp³-hybridized carbons (Fsp3) is 0.231. The molecule has 0 bridgehead atoms. The number of amides is 1. The molecule has 3 aromatic carbocycles. The van der Waals surface area contributed by atoms with Crippen molar-refractivity contribution in [2.75, 3.05) is 12.4 Å². The Bertz CT molecular complexity index is 1530. The van der Waals surface area contributed by atoms with Crippen LogP contribution >= 0.6 is 23.2 Å². The van der Waals surface area contributed by atoms with E-state index in [4.69, 9.17) is 27.9 Å². The van der Waals surface area contributed by atoms with Crippen LogP contribution in [-0.2, 0) is 12.1 Å². The Kier molecular flexibility index (Phi) is 9.81. The summed E-state index contributed by atoms with van der Waals surface area (Å²) in [5, 5.41) is 0.975. The minimum absolute atomic E-state index is 0.107. The molecule has 0 spiro atoms. The zero-order valence-corrected chi connectivity index (χ0v) is 22.6. The zero-order chi connectivity index (χ0) is 32.5. The smallest absolute Gasteiger partial charge is 0.435 e. The Balaban J connectivity index is 2.05. The van der Waals surface area contributed by atoms with E-state index in [1.54, 1.807) is 0 Å². The number of alkyl halides is 9. The Labute approximate surface area is 245 Å². The summed E-state index contributed by atoms with van der Waals surface area (Å²) in [6, 6.07) is 6.09. The van der Waals surface area contributed by atoms with Gasteiger partial charge in [-0.1, -0.05) is 29.3 Å². The Hall–Kier alpha value is -3.72. The molecule has 0 aliphatic heterocycles. The number of carbonyl (C=O) groups excluding carboxylic acids is 2. The highest BCUT2D eigenvalue weighted by Crippen LogP contribution is 2.54. The summed E-state index contributed by atoms with van der Waals surface area (Å²) < 4.78 is 143. The van der Waals surface area contributed by atoms with E-state index < -0.39 is 70.5 Å². The van der Waals surface area contributed by atoms with Crippen molar-refractivity contribution < 1.29 is 63.0 Å². The molecule has 1 amide bonds. The van der Waals surface area contributed by atoms with Crippen molar-refractivity contribution in [3.8, 4) is 11.5 Å². The van der Waals surface area contributed by atoms with Crippen LogP contribution in [0.2, 0.25) is 10.0 Å². The van der Waals surface area contributed by atoms with Gasteiger partial charge in [0, 0.05) is 22.6 Å². The molecule has 17 heteroatoms. The molecule has 0 heterocycles. The second kappa shape index (κ2) is 12.5. The lowest BCUT2D eigenvalue weighted by atomic mass is 9.91. The first-order valence-corrected chi connectivity index (χ1v) is 12.1. The van der Waals surface area contributed by atoms with Gasteiger partial charge in [0.15, 0.2) is 11.5 Å². The largest absolute Gasteiger partial charge is 0.494 e. The summed E-state index contributed by atoms with van der Waals surface area (Å²) in [5.41, 5.74) is -9.75. The van der Waals surface area contributed by atoms with E-state index in [1.165, 1.54) is 12.1 Å². The van der Waals surface area contributed by atoms with Crippen LogP contribution in [0.5, 0.6) is 11.5 Å². The van der Waals surface area contributed by atoms with Crippen LogP contribution in [0, 0.1) is 5.82 Å². The summed E-state index contributed by atoms with van der Waals surface area (Å²) in [5.74, 6) is -4.42. The van der Waals surface area contributed by atoms with Gasteiger partial charge in [0.2, 0.25) is 0 Å². The maximum atomic E-state index is 14.6. The first kappa shape index (κ1) is 33.8. The van der Waals surface area contributed by atoms with Gasteiger partial charge in [-0.3, -0.25) is 9.59 Å². The Morgan fingerprint density at radius 2 is 1.51 bits per heavy atom. The number of hydrogen-bond acceptors (Lipinski definition) is 4. The number of anilines is 1. The van der Waals surface area contributed by atoms with E-state index in [9.17, 15) is 53.5 Å². The average molecular weight is 666 g/mol. The van der Waals surface area contributed by atoms with Crippen molar-refractivity contribution >= 4 is 40.6 Å². The first-order chi connectivity index (χ1) is 19.8. The second-order valence-electron chi connectivity index (χ2n) is 8.53. The monoisotopic (exact) mass is 665 g/mol. The van der Waals surface area contributed by atoms with Crippen molar-refractivity contribution in [1.82, 2.24) is 0 Å². The molecule has 43 heavy (non-hydrogen) atoms. The van der Waals surface area contributed by atoms with Crippen LogP contribution in [0.4, 0.5) is 49.6 Å². The SMILES string of the molecule is COc1c(NC(=O)c2ccc(F)cc2Cl)cccc1C(=O)Cc1c(Cl)cc(C(F)(C(F)(F)F)C(F)(F)F)cc1OC(F)F. The number of halogens is 12. The quantitative estimate of drug-likeness (QED) is 0.183. The molecule has 0 fully saturated rings. The standard InChI is InChI=1S/C26H15Cl2F10NO4/c1-42-21-14(3-2-4-18(21)39-22(41)13-6-5-12(29)9-17(13)28)19(40)10-15-16(27)7-11(8-20(15)43-23(30)31)24(32,25(33,34)35)26(36,37)38/h2-9,23H,10H2,1H3,(H,39,41). The number of para-hydroxylation sites is 1. The van der Waals surface area contributed by atoms with Gasteiger partial charge < -0.3 is 14.8 Å². The van der Waals surface area contributed by atoms with Gasteiger partial charge >= 0.3 is 24.6 Å². The topological polar surface area (TPSA) is 64.6 Å². The van der Waals surface area contributed by atoms with E-state index in [2.05, 4.69) is 10.1 Å². The molecule has 1 N–H and O–H groups in total. The minimum atomic E-state index is -6.59. The van der Waals surface area contributed by atoms with E-state index in [-0.39, 0.29) is 39.7 Å². The highest BCUT2D eigenvalue weighted by atomic mass is 35.5. The van der Waals surface area contributed by atoms with Gasteiger partial charge in [-0.25, -0.2) is 8.78 Å². The van der Waals surface area contributed by atoms with Gasteiger partial charge in [0.1, 0.15) is 11.6 Å². The zero-order valence-electron chi connectivity index (χ0n) is 21.1. The van der Waals surface area contributed by atoms with Crippen molar-refractivity contribution in [2.24, 2.45) is 0 Å². The number of nitrogens with one attached hydrogen (secondary N) is 1. The van der Waals surface area contributed by atoms with Crippen LogP contribution in [0.15, 0.2) is 48.5 Å². The summed E-state index contributed by atoms with van der Waals surface area (Å²) in [7, 11) is 1.06. The normalized spacial score (nSPS) is 12.3. The molecule has 0 atom stereocenters. The molecule has 232 valence electrons. The second-order valence-corrected chi connectivity index (χ2v) is 9.35. The molecule has 0 aromatic heterocycles. The lowest BCUT2D eigenvalue weighted by molar-refractivity contribution is -0.348. The highest BCUT2D eigenvalue weighted by molar-refractivity contribution is 6.34. The predicted octanol–water partition coefficient (Wildman–Crippen LogP) is 8.71. The molecule has 0 unspecified atom stereocenters. The third kappa shape index (κ3) is 6.93. The molecular formula is C26H15Cl2F10NO4. The highest BCUT2D eigenvalue weighted by Gasteiger charge is 2.73. The van der Waals surface area contributed by atoms with E-state index in [1.807, 2.05) is 0 Å². The van der Waals surface area contributed by atoms with E-state index in [0.29, 0.717) is 0 Å². The van der Waals surface area contributed by atoms with E-state index in [0.717, 1.165) is 31.4 Å². The predicted molar refractivity (Wildman–Crippen MR) is 133 cm³/mol. The summed E-state index contributed by atoms with van der Waals surface area (Å²) >= 11 is 11.7. The van der Waals surface area contributed by atoms with Gasteiger partial charge in [0.05, 0.1) is 28.9 Å². The number of benzene rings is 3. The lowest BCUT2D eigenvalue weighted by Crippen LogP contribution is -2.50. The number of carbonyl (C=O) groups is 2. The average Bonchev–Trinajstić information content (AvgIpc) is 2.87. The number of Topliss-reactive ketones (excluding diaryl/α,β-unsaturated/α-hetero) is 1. The fourth-order valence-corrected chi connectivity index (χ4v) is 4.40. The number of hydrogen-bond donors (Lipinski definition) is 1. The molecule has 0 saturated carbocycles. The lowest BCUT2D eigenvalue weighted by Gasteiger charge is -2.31. The van der Waals surface area contributed by atoms with Crippen molar-refractivity contribution in [1.29, 1.82) is 0 Å². The first-order valence-electron chi connectivity index (χ1n) is 11.4. The summed E-state index contributed by atoms with van der Waals surface area (Å²) in [6.45, 7) is -3.84. The number of methoxy groups -OCH3 is 1. The molecule has 0 radical (unpaired) electrons. The fourth-order valence-electron chi connectivity index (χ4n) is 3.86. The third-order valence-corrected chi connectivity index (χ3v) is 6.48. The maximum Gasteiger partial charge on any atom is 0.435 e. The van der Waals surface area contributed by atoms with E-state index >= 15 is 0 Å². The van der Waals surface area contributed by atoms with Crippen molar-refractivity contribution in [2.45, 2.75) is 31.1 Å². The van der Waals surface area contributed by atoms with Crippen LogP contribution in [0.1, 0.15) is 31.8 Å². The minimum Gasteiger partial charge on any atom is -0.494 e. The van der Waals surface area contributed by atoms with Crippen molar-refractivity contribution in [3.05, 3.63) is 86.6 Å². The Morgan fingerprint density at radius 1 is 0.884 bits per heavy atom. The number of ketones is 1. The molecule has 0 saturated heterocycles. The summed E-state index contributed by atoms with van der Waals surface area (Å²) in [4.78, 5) is 25.9.